The van der Waals surface area contributed by atoms with Gasteiger partial charge in [-0.25, -0.2) is 9.67 Å². The Hall–Kier alpha value is -2.63. The molecule has 4 rings (SSSR count). The zero-order chi connectivity index (χ0) is 18.1. The average molecular weight is 400 g/mol. The standard InChI is InChI=1S/C20H18ClN5.ClH/c1-13-11-14(2)26(25-13)20-23-18-6-4-3-5-17(18)19(24-20)22-12-15-7-9-16(21)10-8-15;/h3-11H,12H2,1-2H3,(H,22,23,24);1H. The molecule has 0 spiro atoms. The van der Waals surface area contributed by atoms with Gasteiger partial charge in [-0.1, -0.05) is 35.9 Å². The first-order valence-corrected chi connectivity index (χ1v) is 8.77. The first kappa shape index (κ1) is 19.1. The van der Waals surface area contributed by atoms with Crippen LogP contribution in [-0.2, 0) is 6.54 Å². The summed E-state index contributed by atoms with van der Waals surface area (Å²) >= 11 is 5.96. The summed E-state index contributed by atoms with van der Waals surface area (Å²) in [5, 5.41) is 9.64. The average Bonchev–Trinajstić information content (AvgIpc) is 2.99. The molecule has 1 N–H and O–H groups in total. The highest BCUT2D eigenvalue weighted by Gasteiger charge is 2.12. The largest absolute Gasteiger partial charge is 0.365 e. The number of benzene rings is 2. The fraction of sp³-hybridized carbons (Fsp3) is 0.150. The van der Waals surface area contributed by atoms with Gasteiger partial charge in [-0.3, -0.25) is 0 Å². The normalized spacial score (nSPS) is 10.6. The number of halogens is 2. The van der Waals surface area contributed by atoms with Crippen LogP contribution < -0.4 is 5.32 Å². The van der Waals surface area contributed by atoms with Crippen molar-refractivity contribution >= 4 is 40.7 Å². The summed E-state index contributed by atoms with van der Waals surface area (Å²) < 4.78 is 1.77. The van der Waals surface area contributed by atoms with Crippen molar-refractivity contribution in [3.8, 4) is 5.95 Å². The van der Waals surface area contributed by atoms with Crippen molar-refractivity contribution in [2.75, 3.05) is 5.32 Å². The molecule has 0 radical (unpaired) electrons. The van der Waals surface area contributed by atoms with E-state index in [1.807, 2.05) is 68.4 Å². The lowest BCUT2D eigenvalue weighted by molar-refractivity contribution is 0.780. The summed E-state index contributed by atoms with van der Waals surface area (Å²) in [5.74, 6) is 1.35. The third-order valence-corrected chi connectivity index (χ3v) is 4.42. The van der Waals surface area contributed by atoms with Crippen LogP contribution in [0.5, 0.6) is 0 Å². The molecule has 4 aromatic rings. The minimum absolute atomic E-state index is 0. The smallest absolute Gasteiger partial charge is 0.253 e. The van der Waals surface area contributed by atoms with E-state index < -0.39 is 0 Å². The molecular formula is C20H19Cl2N5. The Kier molecular flexibility index (Phi) is 5.63. The molecule has 0 aliphatic heterocycles. The lowest BCUT2D eigenvalue weighted by Crippen LogP contribution is -2.09. The topological polar surface area (TPSA) is 55.6 Å². The van der Waals surface area contributed by atoms with Crippen LogP contribution >= 0.6 is 24.0 Å². The van der Waals surface area contributed by atoms with Gasteiger partial charge in [0.05, 0.1) is 11.2 Å². The molecule has 2 aromatic heterocycles. The highest BCUT2D eigenvalue weighted by atomic mass is 35.5. The van der Waals surface area contributed by atoms with Crippen LogP contribution in [0.1, 0.15) is 17.0 Å². The van der Waals surface area contributed by atoms with Gasteiger partial charge < -0.3 is 5.32 Å². The van der Waals surface area contributed by atoms with Crippen molar-refractivity contribution in [1.82, 2.24) is 19.7 Å². The second kappa shape index (κ2) is 7.94. The Morgan fingerprint density at radius 2 is 1.74 bits per heavy atom. The third kappa shape index (κ3) is 4.04. The van der Waals surface area contributed by atoms with Crippen molar-refractivity contribution in [1.29, 1.82) is 0 Å². The Morgan fingerprint density at radius 3 is 2.44 bits per heavy atom. The van der Waals surface area contributed by atoms with Crippen LogP contribution in [0.4, 0.5) is 5.82 Å². The van der Waals surface area contributed by atoms with Crippen LogP contribution in [-0.4, -0.2) is 19.7 Å². The molecule has 27 heavy (non-hydrogen) atoms. The predicted molar refractivity (Wildman–Crippen MR) is 112 cm³/mol. The number of nitrogens with one attached hydrogen (secondary N) is 1. The third-order valence-electron chi connectivity index (χ3n) is 4.16. The molecule has 2 aromatic carbocycles. The Balaban J connectivity index is 0.00000210. The van der Waals surface area contributed by atoms with E-state index in [4.69, 9.17) is 16.6 Å². The Labute approximate surface area is 168 Å². The molecule has 0 bridgehead atoms. The highest BCUT2D eigenvalue weighted by molar-refractivity contribution is 6.30. The van der Waals surface area contributed by atoms with E-state index in [1.165, 1.54) is 0 Å². The molecule has 0 atom stereocenters. The van der Waals surface area contributed by atoms with E-state index in [0.29, 0.717) is 12.5 Å². The van der Waals surface area contributed by atoms with Gasteiger partial charge in [-0.2, -0.15) is 10.1 Å². The molecule has 0 aliphatic rings. The summed E-state index contributed by atoms with van der Waals surface area (Å²) in [7, 11) is 0. The molecule has 0 saturated heterocycles. The minimum Gasteiger partial charge on any atom is -0.365 e. The van der Waals surface area contributed by atoms with Gasteiger partial charge >= 0.3 is 0 Å². The Bertz CT molecular complexity index is 1070. The summed E-state index contributed by atoms with van der Waals surface area (Å²) in [6.45, 7) is 4.61. The van der Waals surface area contributed by atoms with Crippen molar-refractivity contribution in [3.05, 3.63) is 76.6 Å². The molecule has 138 valence electrons. The van der Waals surface area contributed by atoms with Gasteiger partial charge in [0.25, 0.3) is 5.95 Å². The summed E-state index contributed by atoms with van der Waals surface area (Å²) in [6.07, 6.45) is 0. The highest BCUT2D eigenvalue weighted by Crippen LogP contribution is 2.23. The maximum atomic E-state index is 5.96. The van der Waals surface area contributed by atoms with Crippen molar-refractivity contribution in [3.63, 3.8) is 0 Å². The van der Waals surface area contributed by atoms with Gasteiger partial charge in [0.15, 0.2) is 0 Å². The van der Waals surface area contributed by atoms with Gasteiger partial charge in [0.2, 0.25) is 0 Å². The number of para-hydroxylation sites is 1. The Morgan fingerprint density at radius 1 is 1.00 bits per heavy atom. The van der Waals surface area contributed by atoms with Crippen molar-refractivity contribution in [2.24, 2.45) is 0 Å². The van der Waals surface area contributed by atoms with Crippen LogP contribution in [0.3, 0.4) is 0 Å². The maximum Gasteiger partial charge on any atom is 0.253 e. The zero-order valence-electron chi connectivity index (χ0n) is 15.0. The summed E-state index contributed by atoms with van der Waals surface area (Å²) in [5.41, 5.74) is 3.95. The number of fused-ring (bicyclic) bond motifs is 1. The van der Waals surface area contributed by atoms with Crippen LogP contribution in [0, 0.1) is 13.8 Å². The second-order valence-electron chi connectivity index (χ2n) is 6.21. The van der Waals surface area contributed by atoms with E-state index >= 15 is 0 Å². The first-order chi connectivity index (χ1) is 12.6. The number of aromatic nitrogens is 4. The minimum atomic E-state index is 0. The number of aryl methyl sites for hydroxylation is 2. The van der Waals surface area contributed by atoms with Crippen LogP contribution in [0.2, 0.25) is 5.02 Å². The molecule has 0 saturated carbocycles. The van der Waals surface area contributed by atoms with E-state index in [-0.39, 0.29) is 12.4 Å². The van der Waals surface area contributed by atoms with Crippen molar-refractivity contribution < 1.29 is 0 Å². The number of rotatable bonds is 4. The lowest BCUT2D eigenvalue weighted by atomic mass is 10.2. The molecule has 0 amide bonds. The monoisotopic (exact) mass is 399 g/mol. The van der Waals surface area contributed by atoms with Gasteiger partial charge in [-0.15, -0.1) is 12.4 Å². The fourth-order valence-corrected chi connectivity index (χ4v) is 3.04. The second-order valence-corrected chi connectivity index (χ2v) is 6.64. The number of hydrogen-bond acceptors (Lipinski definition) is 4. The molecule has 0 fully saturated rings. The zero-order valence-corrected chi connectivity index (χ0v) is 16.6. The fourth-order valence-electron chi connectivity index (χ4n) is 2.91. The maximum absolute atomic E-state index is 5.96. The van der Waals surface area contributed by atoms with E-state index in [9.17, 15) is 0 Å². The van der Waals surface area contributed by atoms with E-state index in [2.05, 4.69) is 15.4 Å². The summed E-state index contributed by atoms with van der Waals surface area (Å²) in [6, 6.07) is 17.8. The molecule has 0 unspecified atom stereocenters. The molecular weight excluding hydrogens is 381 g/mol. The number of anilines is 1. The number of hydrogen-bond donors (Lipinski definition) is 1. The van der Waals surface area contributed by atoms with E-state index in [1.54, 1.807) is 4.68 Å². The molecule has 5 nitrogen and oxygen atoms in total. The quantitative estimate of drug-likeness (QED) is 0.517. The number of nitrogens with zero attached hydrogens (tertiary/aromatic N) is 4. The van der Waals surface area contributed by atoms with Crippen LogP contribution in [0.15, 0.2) is 54.6 Å². The lowest BCUT2D eigenvalue weighted by Gasteiger charge is -2.11. The van der Waals surface area contributed by atoms with Crippen molar-refractivity contribution in [2.45, 2.75) is 20.4 Å². The summed E-state index contributed by atoms with van der Waals surface area (Å²) in [4.78, 5) is 9.41. The van der Waals surface area contributed by atoms with E-state index in [0.717, 1.165) is 38.7 Å². The van der Waals surface area contributed by atoms with Gasteiger partial charge in [-0.05, 0) is 49.7 Å². The van der Waals surface area contributed by atoms with Gasteiger partial charge in [0.1, 0.15) is 5.82 Å². The predicted octanol–water partition coefficient (Wildman–Crippen LogP) is 5.12. The molecule has 0 aliphatic carbocycles. The SMILES string of the molecule is Cc1cc(C)n(-c2nc(NCc3ccc(Cl)cc3)c3ccccc3n2)n1.Cl. The molecule has 2 heterocycles. The van der Waals surface area contributed by atoms with Crippen LogP contribution in [0.25, 0.3) is 16.9 Å². The first-order valence-electron chi connectivity index (χ1n) is 8.39. The van der Waals surface area contributed by atoms with Gasteiger partial charge in [0, 0.05) is 22.6 Å². The molecule has 7 heteroatoms.